The van der Waals surface area contributed by atoms with E-state index in [0.717, 1.165) is 23.5 Å². The van der Waals surface area contributed by atoms with E-state index < -0.39 is 0 Å². The Morgan fingerprint density at radius 2 is 2.35 bits per heavy atom. The summed E-state index contributed by atoms with van der Waals surface area (Å²) in [6, 6.07) is 7.98. The van der Waals surface area contributed by atoms with Crippen molar-refractivity contribution in [1.29, 1.82) is 5.26 Å². The van der Waals surface area contributed by atoms with Crippen molar-refractivity contribution in [2.75, 3.05) is 29.9 Å². The average molecular weight is 313 g/mol. The van der Waals surface area contributed by atoms with Crippen LogP contribution in [0.1, 0.15) is 18.3 Å². The number of rotatable bonds is 7. The average Bonchev–Trinajstić information content (AvgIpc) is 3.09. The normalized spacial score (nSPS) is 11.1. The minimum atomic E-state index is 0.117. The molecule has 0 fully saturated rings. The van der Waals surface area contributed by atoms with E-state index >= 15 is 0 Å². The van der Waals surface area contributed by atoms with Crippen LogP contribution in [0.25, 0.3) is 5.57 Å². The van der Waals surface area contributed by atoms with E-state index in [2.05, 4.69) is 30.8 Å². The first-order valence-corrected chi connectivity index (χ1v) is 7.26. The Labute approximate surface area is 134 Å². The van der Waals surface area contributed by atoms with Gasteiger partial charge in [0.1, 0.15) is 11.6 Å². The molecule has 1 aromatic heterocycles. The third-order valence-corrected chi connectivity index (χ3v) is 3.41. The summed E-state index contributed by atoms with van der Waals surface area (Å²) in [5.74, 6) is 0.245. The monoisotopic (exact) mass is 313 g/mol. The van der Waals surface area contributed by atoms with E-state index in [0.29, 0.717) is 6.54 Å². The van der Waals surface area contributed by atoms with Gasteiger partial charge in [-0.2, -0.15) is 10.5 Å². The van der Waals surface area contributed by atoms with Crippen LogP contribution in [0.5, 0.6) is 0 Å². The van der Waals surface area contributed by atoms with Crippen LogP contribution >= 0.6 is 0 Å². The maximum atomic E-state index is 9.14. The van der Waals surface area contributed by atoms with Crippen LogP contribution in [0.3, 0.4) is 0 Å². The molecule has 0 saturated heterocycles. The molecule has 0 spiro atoms. The number of aliphatic hydroxyl groups excluding tert-OH is 1. The number of aromatic nitrogens is 4. The maximum absolute atomic E-state index is 9.14. The number of nitriles is 1. The number of tetrazole rings is 1. The van der Waals surface area contributed by atoms with E-state index in [1.807, 2.05) is 38.1 Å². The van der Waals surface area contributed by atoms with Crippen LogP contribution in [0.15, 0.2) is 24.4 Å². The zero-order valence-electron chi connectivity index (χ0n) is 13.1. The predicted octanol–water partition coefficient (Wildman–Crippen LogP) is 1.30. The topological polar surface area (TPSA) is 114 Å². The van der Waals surface area contributed by atoms with Crippen molar-refractivity contribution in [1.82, 2.24) is 20.6 Å². The molecule has 0 atom stereocenters. The SMILES string of the molecule is CCN(CCO)c1ccc(NC=C(C#N)c2nn[nH]n2)c(C)c1. The number of benzene rings is 1. The highest BCUT2D eigenvalue weighted by Gasteiger charge is 2.08. The highest BCUT2D eigenvalue weighted by Crippen LogP contribution is 2.23. The number of aromatic amines is 1. The third kappa shape index (κ3) is 4.05. The standard InChI is InChI=1S/C15H19N7O/c1-3-22(6-7-23)13-4-5-14(11(2)8-13)17-10-12(9-16)15-18-20-21-19-15/h4-5,8,10,17,23H,3,6-7H2,1-2H3,(H,18,19,20,21). The zero-order chi connectivity index (χ0) is 16.7. The van der Waals surface area contributed by atoms with Gasteiger partial charge in [0.25, 0.3) is 0 Å². The summed E-state index contributed by atoms with van der Waals surface area (Å²) in [6.45, 7) is 5.56. The lowest BCUT2D eigenvalue weighted by Gasteiger charge is -2.23. The second kappa shape index (κ2) is 7.91. The Balaban J connectivity index is 2.17. The molecule has 0 bridgehead atoms. The third-order valence-electron chi connectivity index (χ3n) is 3.41. The van der Waals surface area contributed by atoms with Gasteiger partial charge in [-0.25, -0.2) is 0 Å². The first-order valence-electron chi connectivity index (χ1n) is 7.26. The predicted molar refractivity (Wildman–Crippen MR) is 87.5 cm³/mol. The molecule has 2 rings (SSSR count). The van der Waals surface area contributed by atoms with Crippen LogP contribution in [0, 0.1) is 18.3 Å². The molecule has 1 heterocycles. The minimum absolute atomic E-state index is 0.117. The molecule has 0 saturated carbocycles. The molecular formula is C15H19N7O. The van der Waals surface area contributed by atoms with Crippen LogP contribution in [-0.2, 0) is 0 Å². The molecule has 0 unspecified atom stereocenters. The highest BCUT2D eigenvalue weighted by molar-refractivity contribution is 5.74. The molecule has 0 amide bonds. The summed E-state index contributed by atoms with van der Waals surface area (Å²) in [7, 11) is 0. The van der Waals surface area contributed by atoms with Gasteiger partial charge in [0, 0.05) is 30.7 Å². The quantitative estimate of drug-likeness (QED) is 0.660. The molecule has 0 aliphatic carbocycles. The number of allylic oxidation sites excluding steroid dienone is 1. The molecule has 0 aliphatic heterocycles. The number of nitrogens with zero attached hydrogens (tertiary/aromatic N) is 5. The summed E-state index contributed by atoms with van der Waals surface area (Å²) in [6.07, 6.45) is 1.55. The van der Waals surface area contributed by atoms with Crippen LogP contribution < -0.4 is 10.2 Å². The number of anilines is 2. The molecule has 8 heteroatoms. The first-order chi connectivity index (χ1) is 11.2. The van der Waals surface area contributed by atoms with E-state index in [9.17, 15) is 0 Å². The minimum Gasteiger partial charge on any atom is -0.395 e. The fraction of sp³-hybridized carbons (Fsp3) is 0.333. The fourth-order valence-electron chi connectivity index (χ4n) is 2.17. The highest BCUT2D eigenvalue weighted by atomic mass is 16.3. The number of nitrogens with one attached hydrogen (secondary N) is 2. The number of hydrogen-bond acceptors (Lipinski definition) is 7. The second-order valence-electron chi connectivity index (χ2n) is 4.85. The van der Waals surface area contributed by atoms with Gasteiger partial charge in [0.05, 0.1) is 6.61 Å². The Bertz CT molecular complexity index is 703. The second-order valence-corrected chi connectivity index (χ2v) is 4.85. The number of likely N-dealkylation sites (N-methyl/N-ethyl adjacent to an activating group) is 1. The number of hydrogen-bond donors (Lipinski definition) is 3. The first kappa shape index (κ1) is 16.5. The lowest BCUT2D eigenvalue weighted by atomic mass is 10.1. The molecule has 0 aliphatic rings. The number of H-pyrrole nitrogens is 1. The number of aryl methyl sites for hydroxylation is 1. The lowest BCUT2D eigenvalue weighted by Crippen LogP contribution is -2.26. The molecular weight excluding hydrogens is 294 g/mol. The summed E-state index contributed by atoms with van der Waals surface area (Å²) in [4.78, 5) is 2.09. The summed E-state index contributed by atoms with van der Waals surface area (Å²) < 4.78 is 0. The van der Waals surface area contributed by atoms with Crippen LogP contribution in [0.2, 0.25) is 0 Å². The number of aliphatic hydroxyl groups is 1. The Morgan fingerprint density at radius 3 is 2.91 bits per heavy atom. The van der Waals surface area contributed by atoms with E-state index in [1.54, 1.807) is 6.20 Å². The molecule has 1 aromatic carbocycles. The zero-order valence-corrected chi connectivity index (χ0v) is 13.1. The van der Waals surface area contributed by atoms with Crippen molar-refractivity contribution in [3.05, 3.63) is 35.8 Å². The van der Waals surface area contributed by atoms with E-state index in [1.165, 1.54) is 0 Å². The van der Waals surface area contributed by atoms with Gasteiger partial charge in [0.2, 0.25) is 5.82 Å². The van der Waals surface area contributed by atoms with Crippen molar-refractivity contribution in [2.24, 2.45) is 0 Å². The smallest absolute Gasteiger partial charge is 0.216 e. The van der Waals surface area contributed by atoms with Crippen LogP contribution in [-0.4, -0.2) is 45.4 Å². The Kier molecular flexibility index (Phi) is 5.66. The van der Waals surface area contributed by atoms with Gasteiger partial charge in [-0.3, -0.25) is 0 Å². The summed E-state index contributed by atoms with van der Waals surface area (Å²) in [5, 5.41) is 34.7. The molecule has 8 nitrogen and oxygen atoms in total. The summed E-state index contributed by atoms with van der Waals surface area (Å²) >= 11 is 0. The van der Waals surface area contributed by atoms with Gasteiger partial charge in [-0.15, -0.1) is 10.2 Å². The van der Waals surface area contributed by atoms with Gasteiger partial charge in [0.15, 0.2) is 0 Å². The van der Waals surface area contributed by atoms with Crippen molar-refractivity contribution in [3.63, 3.8) is 0 Å². The largest absolute Gasteiger partial charge is 0.395 e. The molecule has 0 radical (unpaired) electrons. The van der Waals surface area contributed by atoms with E-state index in [4.69, 9.17) is 10.4 Å². The van der Waals surface area contributed by atoms with Crippen molar-refractivity contribution < 1.29 is 5.11 Å². The Morgan fingerprint density at radius 1 is 1.52 bits per heavy atom. The van der Waals surface area contributed by atoms with Gasteiger partial charge >= 0.3 is 0 Å². The molecule has 2 aromatic rings. The van der Waals surface area contributed by atoms with Crippen molar-refractivity contribution >= 4 is 16.9 Å². The molecule has 23 heavy (non-hydrogen) atoms. The van der Waals surface area contributed by atoms with Crippen molar-refractivity contribution in [2.45, 2.75) is 13.8 Å². The van der Waals surface area contributed by atoms with Crippen LogP contribution in [0.4, 0.5) is 11.4 Å². The van der Waals surface area contributed by atoms with E-state index in [-0.39, 0.29) is 18.0 Å². The van der Waals surface area contributed by atoms with Gasteiger partial charge in [-0.1, -0.05) is 0 Å². The molecule has 3 N–H and O–H groups in total. The maximum Gasteiger partial charge on any atom is 0.216 e. The van der Waals surface area contributed by atoms with Crippen molar-refractivity contribution in [3.8, 4) is 6.07 Å². The summed E-state index contributed by atoms with van der Waals surface area (Å²) in [5.41, 5.74) is 3.25. The fourth-order valence-corrected chi connectivity index (χ4v) is 2.17. The Hall–Kier alpha value is -2.92. The van der Waals surface area contributed by atoms with Gasteiger partial charge in [-0.05, 0) is 42.8 Å². The van der Waals surface area contributed by atoms with Gasteiger partial charge < -0.3 is 15.3 Å². The lowest BCUT2D eigenvalue weighted by molar-refractivity contribution is 0.302. The molecule has 120 valence electrons.